The molecule has 3 amide bonds. The fourth-order valence-electron chi connectivity index (χ4n) is 5.60. The summed E-state index contributed by atoms with van der Waals surface area (Å²) in [5.41, 5.74) is 2.01. The van der Waals surface area contributed by atoms with Crippen LogP contribution in [0.2, 0.25) is 10.0 Å². The molecular formula is C27H18Cl2N4O5. The number of carbonyl (C=O) groups excluding carboxylic acids is 3. The quantitative estimate of drug-likeness (QED) is 0.281. The second-order valence-electron chi connectivity index (χ2n) is 9.21. The standard InChI is InChI=1S/C27H18Cl2N4O5/c28-15-6-12-20(18(29)13-15)32-26(35)22-21-11-5-14-3-1-2-4-19(14)31(21)24(23(22)27(32)36)25(34)30-16-7-9-17(10-8-16)33(37)38/h1-13,21-24H,(H,30,34)/t21-,22-,23-,24+/m1/s1. The van der Waals surface area contributed by atoms with Gasteiger partial charge in [-0.25, -0.2) is 4.90 Å². The van der Waals surface area contributed by atoms with Crippen molar-refractivity contribution >= 4 is 69.7 Å². The Kier molecular flexibility index (Phi) is 5.70. The van der Waals surface area contributed by atoms with Crippen LogP contribution >= 0.6 is 23.2 Å². The molecule has 0 saturated carbocycles. The minimum absolute atomic E-state index is 0.119. The van der Waals surface area contributed by atoms with Gasteiger partial charge in [-0.15, -0.1) is 0 Å². The van der Waals surface area contributed by atoms with Crippen LogP contribution in [0, 0.1) is 22.0 Å². The molecule has 190 valence electrons. The van der Waals surface area contributed by atoms with Gasteiger partial charge in [0, 0.05) is 28.5 Å². The zero-order valence-electron chi connectivity index (χ0n) is 19.5. The molecule has 3 aromatic rings. The van der Waals surface area contributed by atoms with E-state index in [9.17, 15) is 24.5 Å². The number of non-ortho nitro benzene ring substituents is 1. The summed E-state index contributed by atoms with van der Waals surface area (Å²) in [5, 5.41) is 14.3. The molecule has 0 aromatic heterocycles. The van der Waals surface area contributed by atoms with E-state index >= 15 is 0 Å². The van der Waals surface area contributed by atoms with Crippen molar-refractivity contribution in [2.24, 2.45) is 11.8 Å². The maximum atomic E-state index is 13.9. The SMILES string of the molecule is O=C(Nc1ccc([N+](=O)[O-])cc1)[C@@H]1[C@@H]2C(=O)N(c3ccc(Cl)cc3Cl)C(=O)[C@@H]2[C@H]2C=Cc3ccccc3N21. The number of para-hydroxylation sites is 1. The van der Waals surface area contributed by atoms with E-state index in [1.165, 1.54) is 36.4 Å². The van der Waals surface area contributed by atoms with Gasteiger partial charge < -0.3 is 10.2 Å². The number of fused-ring (bicyclic) bond motifs is 5. The minimum atomic E-state index is -1.03. The number of hydrogen-bond donors (Lipinski definition) is 1. The number of anilines is 3. The number of nitro groups is 1. The molecule has 3 aromatic carbocycles. The highest BCUT2D eigenvalue weighted by atomic mass is 35.5. The Morgan fingerprint density at radius 3 is 2.34 bits per heavy atom. The number of amides is 3. The molecule has 0 radical (unpaired) electrons. The highest BCUT2D eigenvalue weighted by Gasteiger charge is 2.64. The first-order valence-electron chi connectivity index (χ1n) is 11.7. The third-order valence-corrected chi connectivity index (χ3v) is 7.72. The van der Waals surface area contributed by atoms with Crippen molar-refractivity contribution < 1.29 is 19.3 Å². The molecule has 0 spiro atoms. The molecule has 9 nitrogen and oxygen atoms in total. The summed E-state index contributed by atoms with van der Waals surface area (Å²) in [6, 6.07) is 15.8. The van der Waals surface area contributed by atoms with E-state index in [2.05, 4.69) is 5.32 Å². The molecule has 3 aliphatic heterocycles. The lowest BCUT2D eigenvalue weighted by Gasteiger charge is -2.36. The molecular weight excluding hydrogens is 531 g/mol. The topological polar surface area (TPSA) is 113 Å². The zero-order valence-corrected chi connectivity index (χ0v) is 21.0. The Morgan fingerprint density at radius 2 is 1.63 bits per heavy atom. The van der Waals surface area contributed by atoms with Crippen LogP contribution < -0.4 is 15.1 Å². The van der Waals surface area contributed by atoms with Crippen molar-refractivity contribution in [2.75, 3.05) is 15.1 Å². The lowest BCUT2D eigenvalue weighted by Crippen LogP contribution is -2.50. The molecule has 2 saturated heterocycles. The van der Waals surface area contributed by atoms with Gasteiger partial charge in [0.1, 0.15) is 6.04 Å². The van der Waals surface area contributed by atoms with Gasteiger partial charge in [0.05, 0.1) is 33.5 Å². The lowest BCUT2D eigenvalue weighted by molar-refractivity contribution is -0.384. The molecule has 0 unspecified atom stereocenters. The van der Waals surface area contributed by atoms with E-state index in [-0.39, 0.29) is 16.4 Å². The number of nitro benzene ring substituents is 1. The van der Waals surface area contributed by atoms with Crippen LogP contribution in [0.25, 0.3) is 6.08 Å². The summed E-state index contributed by atoms with van der Waals surface area (Å²) in [6.45, 7) is 0. The van der Waals surface area contributed by atoms with Crippen LogP contribution in [0.4, 0.5) is 22.7 Å². The van der Waals surface area contributed by atoms with Crippen molar-refractivity contribution in [1.29, 1.82) is 0 Å². The summed E-state index contributed by atoms with van der Waals surface area (Å²) in [6.07, 6.45) is 3.73. The van der Waals surface area contributed by atoms with Crippen molar-refractivity contribution in [3.8, 4) is 0 Å². The zero-order chi connectivity index (χ0) is 26.7. The molecule has 1 N–H and O–H groups in total. The van der Waals surface area contributed by atoms with Crippen LogP contribution in [0.15, 0.2) is 72.8 Å². The second-order valence-corrected chi connectivity index (χ2v) is 10.1. The maximum Gasteiger partial charge on any atom is 0.269 e. The van der Waals surface area contributed by atoms with Crippen LogP contribution in [0.5, 0.6) is 0 Å². The van der Waals surface area contributed by atoms with Gasteiger partial charge in [-0.3, -0.25) is 24.5 Å². The molecule has 0 bridgehead atoms. The molecule has 2 fully saturated rings. The van der Waals surface area contributed by atoms with Gasteiger partial charge in [-0.2, -0.15) is 0 Å². The predicted octanol–water partition coefficient (Wildman–Crippen LogP) is 4.93. The van der Waals surface area contributed by atoms with Gasteiger partial charge in [0.15, 0.2) is 0 Å². The largest absolute Gasteiger partial charge is 0.351 e. The smallest absolute Gasteiger partial charge is 0.269 e. The molecule has 4 atom stereocenters. The highest BCUT2D eigenvalue weighted by Crippen LogP contribution is 2.50. The molecule has 3 aliphatic rings. The fraction of sp³-hybridized carbons (Fsp3) is 0.148. The number of imide groups is 1. The summed E-state index contributed by atoms with van der Waals surface area (Å²) in [7, 11) is 0. The number of benzene rings is 3. The summed E-state index contributed by atoms with van der Waals surface area (Å²) >= 11 is 12.4. The summed E-state index contributed by atoms with van der Waals surface area (Å²) in [5.74, 6) is -3.31. The van der Waals surface area contributed by atoms with Gasteiger partial charge in [0.25, 0.3) is 5.69 Å². The van der Waals surface area contributed by atoms with E-state index < -0.39 is 46.6 Å². The molecule has 6 rings (SSSR count). The highest BCUT2D eigenvalue weighted by molar-refractivity contribution is 6.38. The maximum absolute atomic E-state index is 13.9. The number of nitrogens with one attached hydrogen (secondary N) is 1. The van der Waals surface area contributed by atoms with Crippen molar-refractivity contribution in [3.05, 3.63) is 98.5 Å². The van der Waals surface area contributed by atoms with Crippen molar-refractivity contribution in [1.82, 2.24) is 0 Å². The van der Waals surface area contributed by atoms with Gasteiger partial charge in [0.2, 0.25) is 17.7 Å². The van der Waals surface area contributed by atoms with Crippen LogP contribution in [0.3, 0.4) is 0 Å². The minimum Gasteiger partial charge on any atom is -0.351 e. The average Bonchev–Trinajstić information content (AvgIpc) is 3.37. The van der Waals surface area contributed by atoms with Crippen LogP contribution in [-0.4, -0.2) is 34.7 Å². The van der Waals surface area contributed by atoms with Crippen LogP contribution in [0.1, 0.15) is 5.56 Å². The Bertz CT molecular complexity index is 1560. The summed E-state index contributed by atoms with van der Waals surface area (Å²) < 4.78 is 0. The van der Waals surface area contributed by atoms with E-state index in [0.29, 0.717) is 10.7 Å². The average molecular weight is 549 g/mol. The number of carbonyl (C=O) groups is 3. The lowest BCUT2D eigenvalue weighted by atomic mass is 9.88. The Hall–Kier alpha value is -4.21. The number of nitrogens with zero attached hydrogens (tertiary/aromatic N) is 3. The molecule has 11 heteroatoms. The van der Waals surface area contributed by atoms with Crippen molar-refractivity contribution in [2.45, 2.75) is 12.1 Å². The molecule has 38 heavy (non-hydrogen) atoms. The van der Waals surface area contributed by atoms with Gasteiger partial charge in [-0.1, -0.05) is 53.6 Å². The Balaban J connectivity index is 1.42. The van der Waals surface area contributed by atoms with E-state index in [0.717, 1.165) is 16.2 Å². The Labute approximate surface area is 226 Å². The molecule has 0 aliphatic carbocycles. The monoisotopic (exact) mass is 548 g/mol. The normalized spacial score (nSPS) is 23.2. The first kappa shape index (κ1) is 24.1. The van der Waals surface area contributed by atoms with E-state index in [1.54, 1.807) is 6.07 Å². The fourth-order valence-corrected chi connectivity index (χ4v) is 6.09. The molecule has 3 heterocycles. The van der Waals surface area contributed by atoms with Crippen LogP contribution in [-0.2, 0) is 14.4 Å². The first-order chi connectivity index (χ1) is 18.3. The van der Waals surface area contributed by atoms with Crippen molar-refractivity contribution in [3.63, 3.8) is 0 Å². The number of rotatable bonds is 4. The first-order valence-corrected chi connectivity index (χ1v) is 12.5. The Morgan fingerprint density at radius 1 is 0.921 bits per heavy atom. The van der Waals surface area contributed by atoms with E-state index in [1.807, 2.05) is 41.3 Å². The third-order valence-electron chi connectivity index (χ3n) is 7.18. The second kappa shape index (κ2) is 8.97. The van der Waals surface area contributed by atoms with Gasteiger partial charge in [-0.05, 0) is 42.0 Å². The van der Waals surface area contributed by atoms with Gasteiger partial charge >= 0.3 is 0 Å². The third kappa shape index (κ3) is 3.66. The summed E-state index contributed by atoms with van der Waals surface area (Å²) in [4.78, 5) is 54.8. The number of hydrogen-bond acceptors (Lipinski definition) is 6. The predicted molar refractivity (Wildman–Crippen MR) is 143 cm³/mol. The van der Waals surface area contributed by atoms with E-state index in [4.69, 9.17) is 23.2 Å². The number of halogens is 2.